The summed E-state index contributed by atoms with van der Waals surface area (Å²) < 4.78 is 10.6. The number of methoxy groups -OCH3 is 1. The van der Waals surface area contributed by atoms with Crippen molar-refractivity contribution < 1.29 is 9.47 Å². The number of rotatable bonds is 7. The standard InChI is InChI=1S/C13H25ClO2/c1-15-9-5-10-16-11-8-12-6-3-2-4-7-13(12)14/h12-13H,2-11H2,1H3. The van der Waals surface area contributed by atoms with Gasteiger partial charge in [-0.2, -0.15) is 0 Å². The molecule has 1 aliphatic rings. The summed E-state index contributed by atoms with van der Waals surface area (Å²) in [7, 11) is 1.73. The fraction of sp³-hybridized carbons (Fsp3) is 1.00. The molecule has 0 amide bonds. The lowest BCUT2D eigenvalue weighted by molar-refractivity contribution is 0.0926. The molecule has 0 aromatic rings. The van der Waals surface area contributed by atoms with Gasteiger partial charge in [0.25, 0.3) is 0 Å². The van der Waals surface area contributed by atoms with Gasteiger partial charge >= 0.3 is 0 Å². The maximum Gasteiger partial charge on any atom is 0.0487 e. The molecular weight excluding hydrogens is 224 g/mol. The summed E-state index contributed by atoms with van der Waals surface area (Å²) in [6.45, 7) is 2.46. The Hall–Kier alpha value is 0.210. The van der Waals surface area contributed by atoms with Crippen LogP contribution in [0.1, 0.15) is 44.9 Å². The number of halogens is 1. The van der Waals surface area contributed by atoms with Crippen LogP contribution in [0.25, 0.3) is 0 Å². The number of ether oxygens (including phenoxy) is 2. The molecule has 0 N–H and O–H groups in total. The second-order valence-electron chi connectivity index (χ2n) is 4.66. The van der Waals surface area contributed by atoms with Crippen molar-refractivity contribution in [2.75, 3.05) is 26.9 Å². The third-order valence-corrected chi connectivity index (χ3v) is 3.91. The average Bonchev–Trinajstić information content (AvgIpc) is 2.49. The first kappa shape index (κ1) is 14.3. The van der Waals surface area contributed by atoms with Crippen LogP contribution in [-0.2, 0) is 9.47 Å². The van der Waals surface area contributed by atoms with Crippen LogP contribution < -0.4 is 0 Å². The minimum Gasteiger partial charge on any atom is -0.385 e. The molecule has 0 heterocycles. The van der Waals surface area contributed by atoms with Gasteiger partial charge < -0.3 is 9.47 Å². The summed E-state index contributed by atoms with van der Waals surface area (Å²) in [6.07, 6.45) is 8.60. The van der Waals surface area contributed by atoms with Crippen LogP contribution in [0.5, 0.6) is 0 Å². The smallest absolute Gasteiger partial charge is 0.0487 e. The molecule has 1 aliphatic carbocycles. The number of hydrogen-bond acceptors (Lipinski definition) is 2. The van der Waals surface area contributed by atoms with Crippen molar-refractivity contribution >= 4 is 11.6 Å². The van der Waals surface area contributed by atoms with E-state index in [4.69, 9.17) is 21.1 Å². The number of hydrogen-bond donors (Lipinski definition) is 0. The van der Waals surface area contributed by atoms with Gasteiger partial charge in [-0.15, -0.1) is 11.6 Å². The van der Waals surface area contributed by atoms with Crippen molar-refractivity contribution in [2.45, 2.75) is 50.3 Å². The maximum atomic E-state index is 6.37. The van der Waals surface area contributed by atoms with E-state index >= 15 is 0 Å². The summed E-state index contributed by atoms with van der Waals surface area (Å²) in [5.41, 5.74) is 0. The third kappa shape index (κ3) is 6.07. The highest BCUT2D eigenvalue weighted by atomic mass is 35.5. The van der Waals surface area contributed by atoms with Crippen LogP contribution in [0.2, 0.25) is 0 Å². The lowest BCUT2D eigenvalue weighted by atomic mass is 9.97. The molecule has 0 saturated heterocycles. The van der Waals surface area contributed by atoms with Crippen molar-refractivity contribution in [3.05, 3.63) is 0 Å². The van der Waals surface area contributed by atoms with E-state index in [-0.39, 0.29) is 0 Å². The molecule has 0 aromatic carbocycles. The Morgan fingerprint density at radius 1 is 1.06 bits per heavy atom. The molecule has 3 heteroatoms. The Kier molecular flexibility index (Phi) is 8.26. The van der Waals surface area contributed by atoms with E-state index in [9.17, 15) is 0 Å². The second-order valence-corrected chi connectivity index (χ2v) is 5.22. The topological polar surface area (TPSA) is 18.5 Å². The van der Waals surface area contributed by atoms with Crippen LogP contribution >= 0.6 is 11.6 Å². The molecule has 0 radical (unpaired) electrons. The number of alkyl halides is 1. The molecule has 16 heavy (non-hydrogen) atoms. The molecule has 0 spiro atoms. The van der Waals surface area contributed by atoms with Crippen molar-refractivity contribution in [1.82, 2.24) is 0 Å². The van der Waals surface area contributed by atoms with Crippen molar-refractivity contribution in [2.24, 2.45) is 5.92 Å². The fourth-order valence-corrected chi connectivity index (χ4v) is 2.71. The normalized spacial score (nSPS) is 26.6. The first-order valence-corrected chi connectivity index (χ1v) is 6.99. The summed E-state index contributed by atoms with van der Waals surface area (Å²) in [5, 5.41) is 0.380. The highest BCUT2D eigenvalue weighted by Gasteiger charge is 2.21. The van der Waals surface area contributed by atoms with Gasteiger partial charge in [-0.25, -0.2) is 0 Å². The van der Waals surface area contributed by atoms with Crippen LogP contribution in [0, 0.1) is 5.92 Å². The molecule has 2 unspecified atom stereocenters. The molecule has 2 nitrogen and oxygen atoms in total. The summed E-state index contributed by atoms with van der Waals surface area (Å²) >= 11 is 6.37. The van der Waals surface area contributed by atoms with E-state index in [1.807, 2.05) is 0 Å². The van der Waals surface area contributed by atoms with E-state index in [0.717, 1.165) is 32.7 Å². The first-order chi connectivity index (χ1) is 7.84. The van der Waals surface area contributed by atoms with Gasteiger partial charge in [0.2, 0.25) is 0 Å². The molecule has 0 aromatic heterocycles. The maximum absolute atomic E-state index is 6.37. The zero-order valence-corrected chi connectivity index (χ0v) is 11.2. The molecule has 96 valence electrons. The first-order valence-electron chi connectivity index (χ1n) is 6.55. The molecule has 2 atom stereocenters. The lowest BCUT2D eigenvalue weighted by Gasteiger charge is -2.19. The van der Waals surface area contributed by atoms with Crippen LogP contribution in [0.15, 0.2) is 0 Å². The Balaban J connectivity index is 2.01. The zero-order valence-electron chi connectivity index (χ0n) is 10.4. The highest BCUT2D eigenvalue weighted by Crippen LogP contribution is 2.29. The van der Waals surface area contributed by atoms with E-state index in [1.165, 1.54) is 32.1 Å². The molecular formula is C13H25ClO2. The molecule has 1 rings (SSSR count). The Bertz CT molecular complexity index is 164. The van der Waals surface area contributed by atoms with Crippen molar-refractivity contribution in [1.29, 1.82) is 0 Å². The van der Waals surface area contributed by atoms with Crippen LogP contribution in [0.3, 0.4) is 0 Å². The van der Waals surface area contributed by atoms with Gasteiger partial charge in [-0.1, -0.05) is 19.3 Å². The fourth-order valence-electron chi connectivity index (χ4n) is 2.31. The van der Waals surface area contributed by atoms with Gasteiger partial charge in [0.15, 0.2) is 0 Å². The summed E-state index contributed by atoms with van der Waals surface area (Å²) in [5.74, 6) is 0.673. The highest BCUT2D eigenvalue weighted by molar-refractivity contribution is 6.20. The van der Waals surface area contributed by atoms with Crippen LogP contribution in [-0.4, -0.2) is 32.3 Å². The predicted molar refractivity (Wildman–Crippen MR) is 68.1 cm³/mol. The van der Waals surface area contributed by atoms with Crippen molar-refractivity contribution in [3.8, 4) is 0 Å². The Labute approximate surface area is 105 Å². The SMILES string of the molecule is COCCCOCCC1CCCCCC1Cl. The van der Waals surface area contributed by atoms with Gasteiger partial charge in [-0.3, -0.25) is 0 Å². The van der Waals surface area contributed by atoms with E-state index in [2.05, 4.69) is 0 Å². The molecule has 1 saturated carbocycles. The van der Waals surface area contributed by atoms with Gasteiger partial charge in [0.05, 0.1) is 0 Å². The minimum absolute atomic E-state index is 0.380. The summed E-state index contributed by atoms with van der Waals surface area (Å²) in [6, 6.07) is 0. The second kappa shape index (κ2) is 9.26. The summed E-state index contributed by atoms with van der Waals surface area (Å²) in [4.78, 5) is 0. The van der Waals surface area contributed by atoms with E-state index in [0.29, 0.717) is 11.3 Å². The molecule has 0 bridgehead atoms. The monoisotopic (exact) mass is 248 g/mol. The zero-order chi connectivity index (χ0) is 11.6. The predicted octanol–water partition coefficient (Wildman–Crippen LogP) is 3.62. The van der Waals surface area contributed by atoms with E-state index < -0.39 is 0 Å². The van der Waals surface area contributed by atoms with Crippen LogP contribution in [0.4, 0.5) is 0 Å². The molecule has 0 aliphatic heterocycles. The van der Waals surface area contributed by atoms with E-state index in [1.54, 1.807) is 7.11 Å². The van der Waals surface area contributed by atoms with Gasteiger partial charge in [0, 0.05) is 32.3 Å². The largest absolute Gasteiger partial charge is 0.385 e. The van der Waals surface area contributed by atoms with Gasteiger partial charge in [-0.05, 0) is 31.6 Å². The molecule has 1 fully saturated rings. The van der Waals surface area contributed by atoms with Crippen molar-refractivity contribution in [3.63, 3.8) is 0 Å². The quantitative estimate of drug-likeness (QED) is 0.389. The lowest BCUT2D eigenvalue weighted by Crippen LogP contribution is -2.16. The Morgan fingerprint density at radius 3 is 2.69 bits per heavy atom. The minimum atomic E-state index is 0.380. The average molecular weight is 249 g/mol. The Morgan fingerprint density at radius 2 is 1.88 bits per heavy atom. The third-order valence-electron chi connectivity index (χ3n) is 3.34. The van der Waals surface area contributed by atoms with Gasteiger partial charge in [0.1, 0.15) is 0 Å².